The molecule has 0 aliphatic carbocycles. The van der Waals surface area contributed by atoms with Crippen LogP contribution < -0.4 is 0 Å². The minimum atomic E-state index is -0.829. The zero-order chi connectivity index (χ0) is 9.68. The third-order valence-corrected chi connectivity index (χ3v) is 1.93. The summed E-state index contributed by atoms with van der Waals surface area (Å²) in [6.45, 7) is 0.000231. The summed E-state index contributed by atoms with van der Waals surface area (Å²) in [5.41, 5.74) is 8.63. The van der Waals surface area contributed by atoms with Crippen LogP contribution >= 0.6 is 11.6 Å². The molecule has 1 aromatic rings. The van der Waals surface area contributed by atoms with Gasteiger partial charge in [0.25, 0.3) is 0 Å². The summed E-state index contributed by atoms with van der Waals surface area (Å²) in [5.74, 6) is 0. The molecule has 13 heavy (non-hydrogen) atoms. The smallest absolute Gasteiger partial charge is 0.0860 e. The SMILES string of the molecule is [N-]=[N+]=NC[C@@H](O)c1ccccc1Cl. The lowest BCUT2D eigenvalue weighted by Crippen LogP contribution is -2.01. The molecule has 0 saturated carbocycles. The van der Waals surface area contributed by atoms with Gasteiger partial charge in [0.15, 0.2) is 0 Å². The second kappa shape index (κ2) is 4.72. The van der Waals surface area contributed by atoms with Gasteiger partial charge in [-0.05, 0) is 17.2 Å². The number of nitrogens with zero attached hydrogens (tertiary/aromatic N) is 3. The Morgan fingerprint density at radius 3 is 2.85 bits per heavy atom. The van der Waals surface area contributed by atoms with Crippen LogP contribution in [0.15, 0.2) is 29.4 Å². The fourth-order valence-electron chi connectivity index (χ4n) is 0.958. The standard InChI is InChI=1S/C8H8ClN3O/c9-7-4-2-1-3-6(7)8(13)5-11-12-10/h1-4,8,13H,5H2/t8-/m1/s1. The molecule has 0 spiro atoms. The van der Waals surface area contributed by atoms with Crippen molar-refractivity contribution in [2.45, 2.75) is 6.10 Å². The maximum Gasteiger partial charge on any atom is 0.0860 e. The van der Waals surface area contributed by atoms with E-state index in [0.717, 1.165) is 0 Å². The van der Waals surface area contributed by atoms with Crippen LogP contribution in [0.4, 0.5) is 0 Å². The molecule has 1 aromatic carbocycles. The average Bonchev–Trinajstić information content (AvgIpc) is 2.15. The van der Waals surface area contributed by atoms with Gasteiger partial charge < -0.3 is 5.11 Å². The van der Waals surface area contributed by atoms with E-state index in [1.165, 1.54) is 0 Å². The van der Waals surface area contributed by atoms with Crippen LogP contribution in [0.25, 0.3) is 10.4 Å². The van der Waals surface area contributed by atoms with Gasteiger partial charge in [0, 0.05) is 9.93 Å². The monoisotopic (exact) mass is 197 g/mol. The van der Waals surface area contributed by atoms with Gasteiger partial charge in [0.1, 0.15) is 0 Å². The summed E-state index contributed by atoms with van der Waals surface area (Å²) in [4.78, 5) is 2.55. The Kier molecular flexibility index (Phi) is 3.58. The highest BCUT2D eigenvalue weighted by Crippen LogP contribution is 2.22. The predicted molar refractivity (Wildman–Crippen MR) is 50.4 cm³/mol. The molecular weight excluding hydrogens is 190 g/mol. The van der Waals surface area contributed by atoms with Crippen molar-refractivity contribution in [2.75, 3.05) is 6.54 Å². The second-order valence-corrected chi connectivity index (χ2v) is 2.86. The van der Waals surface area contributed by atoms with E-state index >= 15 is 0 Å². The summed E-state index contributed by atoms with van der Waals surface area (Å²) in [7, 11) is 0. The predicted octanol–water partition coefficient (Wildman–Crippen LogP) is 2.68. The molecule has 5 heteroatoms. The second-order valence-electron chi connectivity index (χ2n) is 2.45. The summed E-state index contributed by atoms with van der Waals surface area (Å²) < 4.78 is 0. The van der Waals surface area contributed by atoms with E-state index in [9.17, 15) is 5.11 Å². The summed E-state index contributed by atoms with van der Waals surface area (Å²) in [5, 5.41) is 13.2. The van der Waals surface area contributed by atoms with Gasteiger partial charge in [-0.25, -0.2) is 0 Å². The van der Waals surface area contributed by atoms with Gasteiger partial charge in [-0.15, -0.1) is 0 Å². The van der Waals surface area contributed by atoms with Crippen molar-refractivity contribution in [3.8, 4) is 0 Å². The number of azide groups is 1. The van der Waals surface area contributed by atoms with Crippen molar-refractivity contribution in [1.82, 2.24) is 0 Å². The minimum absolute atomic E-state index is 0.000231. The molecule has 0 aromatic heterocycles. The van der Waals surface area contributed by atoms with Gasteiger partial charge in [0.05, 0.1) is 12.6 Å². The van der Waals surface area contributed by atoms with Gasteiger partial charge in [-0.3, -0.25) is 0 Å². The van der Waals surface area contributed by atoms with Crippen LogP contribution in [-0.2, 0) is 0 Å². The maximum atomic E-state index is 9.48. The lowest BCUT2D eigenvalue weighted by molar-refractivity contribution is 0.187. The average molecular weight is 198 g/mol. The van der Waals surface area contributed by atoms with Crippen molar-refractivity contribution in [3.63, 3.8) is 0 Å². The Hall–Kier alpha value is -1.22. The van der Waals surface area contributed by atoms with Crippen molar-refractivity contribution >= 4 is 11.6 Å². The van der Waals surface area contributed by atoms with Crippen LogP contribution in [0.5, 0.6) is 0 Å². The first kappa shape index (κ1) is 9.86. The van der Waals surface area contributed by atoms with Crippen molar-refractivity contribution in [3.05, 3.63) is 45.3 Å². The van der Waals surface area contributed by atoms with Crippen molar-refractivity contribution < 1.29 is 5.11 Å². The van der Waals surface area contributed by atoms with E-state index in [4.69, 9.17) is 17.1 Å². The van der Waals surface area contributed by atoms with Crippen molar-refractivity contribution in [1.29, 1.82) is 0 Å². The molecule has 1 atom stereocenters. The molecule has 0 heterocycles. The van der Waals surface area contributed by atoms with Crippen LogP contribution in [0.2, 0.25) is 5.02 Å². The summed E-state index contributed by atoms with van der Waals surface area (Å²) in [6.07, 6.45) is -0.829. The molecule has 0 fully saturated rings. The maximum absolute atomic E-state index is 9.48. The quantitative estimate of drug-likeness (QED) is 0.452. The molecule has 0 radical (unpaired) electrons. The summed E-state index contributed by atoms with van der Waals surface area (Å²) in [6, 6.07) is 6.91. The number of hydrogen-bond donors (Lipinski definition) is 1. The zero-order valence-electron chi connectivity index (χ0n) is 6.76. The Labute approximate surface area is 80.4 Å². The van der Waals surface area contributed by atoms with Crippen LogP contribution in [0.1, 0.15) is 11.7 Å². The third-order valence-electron chi connectivity index (χ3n) is 1.58. The molecular formula is C8H8ClN3O. The lowest BCUT2D eigenvalue weighted by atomic mass is 10.1. The first-order valence-electron chi connectivity index (χ1n) is 3.69. The Balaban J connectivity index is 2.81. The van der Waals surface area contributed by atoms with E-state index in [-0.39, 0.29) is 6.54 Å². The van der Waals surface area contributed by atoms with Gasteiger partial charge >= 0.3 is 0 Å². The van der Waals surface area contributed by atoms with Crippen molar-refractivity contribution in [2.24, 2.45) is 5.11 Å². The first-order valence-corrected chi connectivity index (χ1v) is 4.07. The fourth-order valence-corrected chi connectivity index (χ4v) is 1.22. The fraction of sp³-hybridized carbons (Fsp3) is 0.250. The van der Waals surface area contributed by atoms with Crippen LogP contribution in [-0.4, -0.2) is 11.7 Å². The van der Waals surface area contributed by atoms with E-state index in [2.05, 4.69) is 10.0 Å². The van der Waals surface area contributed by atoms with Gasteiger partial charge in [-0.1, -0.05) is 34.9 Å². The normalized spacial score (nSPS) is 11.8. The molecule has 1 rings (SSSR count). The number of aliphatic hydroxyl groups is 1. The lowest BCUT2D eigenvalue weighted by Gasteiger charge is -2.08. The number of aliphatic hydroxyl groups excluding tert-OH is 1. The van der Waals surface area contributed by atoms with Gasteiger partial charge in [0.2, 0.25) is 0 Å². The molecule has 68 valence electrons. The molecule has 4 nitrogen and oxygen atoms in total. The topological polar surface area (TPSA) is 69.0 Å². The number of hydrogen-bond acceptors (Lipinski definition) is 2. The Bertz CT molecular complexity index is 336. The highest BCUT2D eigenvalue weighted by Gasteiger charge is 2.08. The Morgan fingerprint density at radius 1 is 1.54 bits per heavy atom. The van der Waals surface area contributed by atoms with E-state index in [1.54, 1.807) is 24.3 Å². The number of benzene rings is 1. The van der Waals surface area contributed by atoms with E-state index < -0.39 is 6.10 Å². The molecule has 0 bridgehead atoms. The van der Waals surface area contributed by atoms with Gasteiger partial charge in [-0.2, -0.15) is 0 Å². The number of rotatable bonds is 3. The first-order chi connectivity index (χ1) is 6.25. The largest absolute Gasteiger partial charge is 0.388 e. The zero-order valence-corrected chi connectivity index (χ0v) is 7.52. The van der Waals surface area contributed by atoms with E-state index in [1.807, 2.05) is 0 Å². The highest BCUT2D eigenvalue weighted by atomic mass is 35.5. The Morgan fingerprint density at radius 2 is 2.23 bits per heavy atom. The summed E-state index contributed by atoms with van der Waals surface area (Å²) >= 11 is 5.80. The minimum Gasteiger partial charge on any atom is -0.388 e. The third kappa shape index (κ3) is 2.63. The molecule has 0 aliphatic rings. The highest BCUT2D eigenvalue weighted by molar-refractivity contribution is 6.31. The van der Waals surface area contributed by atoms with Crippen LogP contribution in [0, 0.1) is 0 Å². The van der Waals surface area contributed by atoms with Crippen LogP contribution in [0.3, 0.4) is 0 Å². The molecule has 0 unspecified atom stereocenters. The molecule has 0 saturated heterocycles. The molecule has 0 amide bonds. The molecule has 0 aliphatic heterocycles. The van der Waals surface area contributed by atoms with E-state index in [0.29, 0.717) is 10.6 Å². The number of halogens is 1. The molecule has 1 N–H and O–H groups in total.